The van der Waals surface area contributed by atoms with Gasteiger partial charge in [0.05, 0.1) is 16.2 Å². The van der Waals surface area contributed by atoms with Crippen molar-refractivity contribution < 1.29 is 9.18 Å². The molecule has 31 heavy (non-hydrogen) atoms. The van der Waals surface area contributed by atoms with Gasteiger partial charge in [-0.05, 0) is 49.6 Å². The predicted molar refractivity (Wildman–Crippen MR) is 122 cm³/mol. The van der Waals surface area contributed by atoms with Crippen molar-refractivity contribution in [3.63, 3.8) is 0 Å². The number of nitrogens with zero attached hydrogens (tertiary/aromatic N) is 2. The van der Waals surface area contributed by atoms with Gasteiger partial charge in [-0.3, -0.25) is 4.79 Å². The number of hydrogen-bond donors (Lipinski definition) is 3. The van der Waals surface area contributed by atoms with Gasteiger partial charge in [-0.25, -0.2) is 14.4 Å². The Labute approximate surface area is 184 Å². The van der Waals surface area contributed by atoms with Crippen LogP contribution in [0.3, 0.4) is 0 Å². The van der Waals surface area contributed by atoms with Crippen LogP contribution >= 0.6 is 11.6 Å². The molecule has 0 spiro atoms. The Balaban J connectivity index is 1.54. The summed E-state index contributed by atoms with van der Waals surface area (Å²) in [5.41, 5.74) is 2.30. The lowest BCUT2D eigenvalue weighted by molar-refractivity contribution is -0.111. The number of amides is 1. The highest BCUT2D eigenvalue weighted by atomic mass is 35.5. The standard InChI is InChI=1S/C23H23ClFN5O/c1-14-17(29-20(31)9-4-12-26-15-5-2-6-15)10-11-18-21(14)23(28-13-27-18)30-19-8-3-7-16(24)22(19)25/h3-4,7-11,13,15,26H,2,5-6,12H2,1H3,(H,29,31)(H,27,28,30)/b9-4+. The van der Waals surface area contributed by atoms with Crippen LogP contribution in [0.5, 0.6) is 0 Å². The third-order valence-corrected chi connectivity index (χ3v) is 5.72. The van der Waals surface area contributed by atoms with Crippen LogP contribution in [0.4, 0.5) is 21.6 Å². The minimum atomic E-state index is -0.557. The van der Waals surface area contributed by atoms with Crippen molar-refractivity contribution in [3.05, 3.63) is 65.2 Å². The fraction of sp³-hybridized carbons (Fsp3) is 0.261. The highest BCUT2D eigenvalue weighted by Gasteiger charge is 2.16. The van der Waals surface area contributed by atoms with Gasteiger partial charge in [0.15, 0.2) is 5.82 Å². The maximum atomic E-state index is 14.4. The second kappa shape index (κ2) is 9.41. The van der Waals surface area contributed by atoms with Gasteiger partial charge in [0, 0.05) is 29.7 Å². The van der Waals surface area contributed by atoms with E-state index in [9.17, 15) is 9.18 Å². The number of carbonyl (C=O) groups excluding carboxylic acids is 1. The zero-order chi connectivity index (χ0) is 21.8. The molecule has 1 amide bonds. The summed E-state index contributed by atoms with van der Waals surface area (Å²) >= 11 is 5.89. The molecule has 1 heterocycles. The van der Waals surface area contributed by atoms with Crippen LogP contribution in [0, 0.1) is 12.7 Å². The predicted octanol–water partition coefficient (Wildman–Crippen LogP) is 5.11. The summed E-state index contributed by atoms with van der Waals surface area (Å²) in [4.78, 5) is 20.9. The quantitative estimate of drug-likeness (QED) is 0.446. The van der Waals surface area contributed by atoms with Crippen LogP contribution in [-0.2, 0) is 4.79 Å². The second-order valence-electron chi connectivity index (χ2n) is 7.51. The Hall–Kier alpha value is -3.03. The summed E-state index contributed by atoms with van der Waals surface area (Å²) in [6, 6.07) is 8.88. The normalized spacial score (nSPS) is 14.0. The molecule has 1 aromatic heterocycles. The molecule has 2 aromatic carbocycles. The Bertz CT molecular complexity index is 1150. The third-order valence-electron chi connectivity index (χ3n) is 5.42. The molecule has 0 saturated heterocycles. The molecule has 0 unspecified atom stereocenters. The van der Waals surface area contributed by atoms with Crippen molar-refractivity contribution in [2.24, 2.45) is 0 Å². The monoisotopic (exact) mass is 439 g/mol. The molecule has 0 aliphatic heterocycles. The first-order chi connectivity index (χ1) is 15.0. The van der Waals surface area contributed by atoms with Crippen LogP contribution in [0.15, 0.2) is 48.8 Å². The van der Waals surface area contributed by atoms with Gasteiger partial charge in [-0.15, -0.1) is 0 Å². The lowest BCUT2D eigenvalue weighted by Crippen LogP contribution is -2.35. The maximum absolute atomic E-state index is 14.4. The van der Waals surface area contributed by atoms with Crippen LogP contribution in [0.25, 0.3) is 10.9 Å². The minimum Gasteiger partial charge on any atom is -0.337 e. The van der Waals surface area contributed by atoms with Crippen LogP contribution < -0.4 is 16.0 Å². The lowest BCUT2D eigenvalue weighted by atomic mass is 9.93. The van der Waals surface area contributed by atoms with Gasteiger partial charge in [0.25, 0.3) is 0 Å². The molecule has 1 fully saturated rings. The SMILES string of the molecule is Cc1c(NC(=O)/C=C/CNC2CCC2)ccc2ncnc(Nc3cccc(Cl)c3F)c12. The molecule has 1 aliphatic rings. The third kappa shape index (κ3) is 4.84. The van der Waals surface area contributed by atoms with E-state index in [-0.39, 0.29) is 16.6 Å². The van der Waals surface area contributed by atoms with Gasteiger partial charge >= 0.3 is 0 Å². The number of benzene rings is 2. The average molecular weight is 440 g/mol. The summed E-state index contributed by atoms with van der Waals surface area (Å²) in [5.74, 6) is -0.344. The smallest absolute Gasteiger partial charge is 0.248 e. The summed E-state index contributed by atoms with van der Waals surface area (Å²) in [7, 11) is 0. The number of rotatable bonds is 7. The Morgan fingerprint density at radius 3 is 2.84 bits per heavy atom. The van der Waals surface area contributed by atoms with Crippen molar-refractivity contribution in [1.82, 2.24) is 15.3 Å². The molecule has 160 valence electrons. The molecular weight excluding hydrogens is 417 g/mol. The van der Waals surface area contributed by atoms with E-state index < -0.39 is 5.82 Å². The first-order valence-electron chi connectivity index (χ1n) is 10.2. The van der Waals surface area contributed by atoms with E-state index in [2.05, 4.69) is 25.9 Å². The van der Waals surface area contributed by atoms with E-state index in [0.29, 0.717) is 35.0 Å². The lowest BCUT2D eigenvalue weighted by Gasteiger charge is -2.25. The number of nitrogens with one attached hydrogen (secondary N) is 3. The maximum Gasteiger partial charge on any atom is 0.248 e. The number of aromatic nitrogens is 2. The fourth-order valence-corrected chi connectivity index (χ4v) is 3.64. The van der Waals surface area contributed by atoms with E-state index in [1.54, 1.807) is 24.3 Å². The molecular formula is C23H23ClFN5O. The van der Waals surface area contributed by atoms with E-state index in [1.807, 2.05) is 13.0 Å². The van der Waals surface area contributed by atoms with Crippen LogP contribution in [-0.4, -0.2) is 28.5 Å². The average Bonchev–Trinajstić information content (AvgIpc) is 2.72. The number of anilines is 3. The van der Waals surface area contributed by atoms with Gasteiger partial charge < -0.3 is 16.0 Å². The van der Waals surface area contributed by atoms with Crippen LogP contribution in [0.1, 0.15) is 24.8 Å². The summed E-state index contributed by atoms with van der Waals surface area (Å²) < 4.78 is 14.4. The van der Waals surface area contributed by atoms with Crippen molar-refractivity contribution in [2.45, 2.75) is 32.2 Å². The van der Waals surface area contributed by atoms with Crippen LogP contribution in [0.2, 0.25) is 5.02 Å². The van der Waals surface area contributed by atoms with Crippen molar-refractivity contribution in [2.75, 3.05) is 17.2 Å². The molecule has 3 N–H and O–H groups in total. The minimum absolute atomic E-state index is 0.0200. The molecule has 3 aromatic rings. The van der Waals surface area contributed by atoms with Crippen molar-refractivity contribution in [1.29, 1.82) is 0 Å². The molecule has 0 atom stereocenters. The molecule has 0 radical (unpaired) electrons. The van der Waals surface area contributed by atoms with Gasteiger partial charge in [0.2, 0.25) is 5.91 Å². The molecule has 4 rings (SSSR count). The molecule has 8 heteroatoms. The van der Waals surface area contributed by atoms with Crippen molar-refractivity contribution in [3.8, 4) is 0 Å². The van der Waals surface area contributed by atoms with Gasteiger partial charge in [-0.1, -0.05) is 30.2 Å². The molecule has 1 aliphatic carbocycles. The topological polar surface area (TPSA) is 78.9 Å². The summed E-state index contributed by atoms with van der Waals surface area (Å²) in [5, 5.41) is 9.98. The Morgan fingerprint density at radius 2 is 2.06 bits per heavy atom. The molecule has 0 bridgehead atoms. The zero-order valence-corrected chi connectivity index (χ0v) is 17.8. The van der Waals surface area contributed by atoms with E-state index in [1.165, 1.54) is 37.7 Å². The molecule has 6 nitrogen and oxygen atoms in total. The van der Waals surface area contributed by atoms with Crippen molar-refractivity contribution >= 4 is 45.6 Å². The number of halogens is 2. The van der Waals surface area contributed by atoms with E-state index in [4.69, 9.17) is 11.6 Å². The zero-order valence-electron chi connectivity index (χ0n) is 17.1. The highest BCUT2D eigenvalue weighted by molar-refractivity contribution is 6.31. The van der Waals surface area contributed by atoms with E-state index >= 15 is 0 Å². The summed E-state index contributed by atoms with van der Waals surface area (Å²) in [6.45, 7) is 2.53. The number of aryl methyl sites for hydroxylation is 1. The molecule has 1 saturated carbocycles. The highest BCUT2D eigenvalue weighted by Crippen LogP contribution is 2.32. The Kier molecular flexibility index (Phi) is 6.44. The fourth-order valence-electron chi connectivity index (χ4n) is 3.46. The second-order valence-corrected chi connectivity index (χ2v) is 7.92. The number of fused-ring (bicyclic) bond motifs is 1. The number of hydrogen-bond acceptors (Lipinski definition) is 5. The van der Waals surface area contributed by atoms with E-state index in [0.717, 1.165) is 5.56 Å². The Morgan fingerprint density at radius 1 is 1.23 bits per heavy atom. The first kappa shape index (κ1) is 21.2. The first-order valence-corrected chi connectivity index (χ1v) is 10.6. The largest absolute Gasteiger partial charge is 0.337 e. The summed E-state index contributed by atoms with van der Waals surface area (Å²) in [6.07, 6.45) is 8.43. The number of carbonyl (C=O) groups is 1. The van der Waals surface area contributed by atoms with Gasteiger partial charge in [0.1, 0.15) is 12.1 Å². The van der Waals surface area contributed by atoms with Gasteiger partial charge in [-0.2, -0.15) is 0 Å².